The lowest BCUT2D eigenvalue weighted by molar-refractivity contribution is -0.136. The fraction of sp³-hybridized carbons (Fsp3) is 0.667. The average molecular weight is 129 g/mol. The van der Waals surface area contributed by atoms with Gasteiger partial charge in [-0.3, -0.25) is 14.5 Å². The molecule has 0 aromatic carbocycles. The molecule has 0 unspecified atom stereocenters. The summed E-state index contributed by atoms with van der Waals surface area (Å²) in [5.41, 5.74) is 0. The van der Waals surface area contributed by atoms with Gasteiger partial charge < -0.3 is 0 Å². The van der Waals surface area contributed by atoms with E-state index >= 15 is 0 Å². The van der Waals surface area contributed by atoms with Crippen molar-refractivity contribution in [1.29, 1.82) is 0 Å². The molecule has 52 valence electrons. The van der Waals surface area contributed by atoms with Crippen LogP contribution < -0.4 is 0 Å². The monoisotopic (exact) mass is 129 g/mol. The molecule has 1 heterocycles. The van der Waals surface area contributed by atoms with Gasteiger partial charge in [-0.05, 0) is 0 Å². The van der Waals surface area contributed by atoms with E-state index in [2.05, 4.69) is 0 Å². The lowest BCUT2D eigenvalue weighted by atomic mass is 10.4. The Hall–Kier alpha value is -0.860. The zero-order valence-electron chi connectivity index (χ0n) is 4.68. The van der Waals surface area contributed by atoms with Gasteiger partial charge in [0, 0.05) is 19.9 Å². The Balaban J connectivity index is 0.000000640. The Morgan fingerprint density at radius 2 is 1.56 bits per heavy atom. The van der Waals surface area contributed by atoms with E-state index in [1.807, 2.05) is 0 Å². The van der Waals surface area contributed by atoms with Crippen LogP contribution in [-0.4, -0.2) is 23.8 Å². The Bertz CT molecular complexity index is 126. The fourth-order valence-electron chi connectivity index (χ4n) is 0.688. The molecule has 0 radical (unpaired) electrons. The van der Waals surface area contributed by atoms with E-state index in [-0.39, 0.29) is 19.2 Å². The number of carbonyl (C=O) groups is 2. The summed E-state index contributed by atoms with van der Waals surface area (Å²) in [6, 6.07) is 0. The van der Waals surface area contributed by atoms with E-state index in [9.17, 15) is 9.59 Å². The van der Waals surface area contributed by atoms with Gasteiger partial charge in [0.15, 0.2) is 0 Å². The van der Waals surface area contributed by atoms with Crippen molar-refractivity contribution in [2.75, 3.05) is 7.05 Å². The van der Waals surface area contributed by atoms with Gasteiger partial charge in [0.25, 0.3) is 0 Å². The summed E-state index contributed by atoms with van der Waals surface area (Å²) >= 11 is 0. The standard InChI is InChI=1S/C5H7NO2.CH4/c1-6-4(7)2-3-5(6)8;/h2-3H2,1H3;1H4. The van der Waals surface area contributed by atoms with Crippen LogP contribution in [0.4, 0.5) is 0 Å². The van der Waals surface area contributed by atoms with Gasteiger partial charge in [-0.1, -0.05) is 7.43 Å². The van der Waals surface area contributed by atoms with Crippen molar-refractivity contribution in [2.45, 2.75) is 20.3 Å². The molecule has 0 atom stereocenters. The predicted octanol–water partition coefficient (Wildman–Crippen LogP) is 0.401. The Morgan fingerprint density at radius 3 is 1.67 bits per heavy atom. The highest BCUT2D eigenvalue weighted by Crippen LogP contribution is 2.07. The van der Waals surface area contributed by atoms with Crippen LogP contribution in [0.3, 0.4) is 0 Å². The van der Waals surface area contributed by atoms with Crippen molar-refractivity contribution >= 4 is 11.8 Å². The first-order chi connectivity index (χ1) is 3.72. The van der Waals surface area contributed by atoms with Gasteiger partial charge >= 0.3 is 0 Å². The molecular formula is C6H11NO2. The third-order valence-electron chi connectivity index (χ3n) is 1.30. The third-order valence-corrected chi connectivity index (χ3v) is 1.30. The van der Waals surface area contributed by atoms with Crippen LogP contribution in [0, 0.1) is 0 Å². The molecule has 0 bridgehead atoms. The van der Waals surface area contributed by atoms with Crippen molar-refractivity contribution in [1.82, 2.24) is 4.90 Å². The summed E-state index contributed by atoms with van der Waals surface area (Å²) in [6.07, 6.45) is 0.796. The number of nitrogens with zero attached hydrogens (tertiary/aromatic N) is 1. The lowest BCUT2D eigenvalue weighted by Crippen LogP contribution is -2.23. The minimum Gasteiger partial charge on any atom is -0.286 e. The molecule has 0 aromatic heterocycles. The Labute approximate surface area is 54.6 Å². The molecule has 0 saturated carbocycles. The van der Waals surface area contributed by atoms with Crippen LogP contribution in [0.5, 0.6) is 0 Å². The summed E-state index contributed by atoms with van der Waals surface area (Å²) in [7, 11) is 1.51. The topological polar surface area (TPSA) is 37.4 Å². The molecule has 1 aliphatic rings. The zero-order valence-corrected chi connectivity index (χ0v) is 4.68. The number of amides is 2. The summed E-state index contributed by atoms with van der Waals surface area (Å²) in [5.74, 6) is -0.120. The molecule has 3 heteroatoms. The van der Waals surface area contributed by atoms with Crippen molar-refractivity contribution in [3.63, 3.8) is 0 Å². The first-order valence-corrected chi connectivity index (χ1v) is 2.51. The largest absolute Gasteiger partial charge is 0.286 e. The fourth-order valence-corrected chi connectivity index (χ4v) is 0.688. The minimum absolute atomic E-state index is 0. The van der Waals surface area contributed by atoms with Gasteiger partial charge in [-0.25, -0.2) is 0 Å². The van der Waals surface area contributed by atoms with E-state index in [4.69, 9.17) is 0 Å². The maximum Gasteiger partial charge on any atom is 0.229 e. The highest BCUT2D eigenvalue weighted by molar-refractivity contribution is 6.01. The molecule has 3 nitrogen and oxygen atoms in total. The summed E-state index contributed by atoms with van der Waals surface area (Å²) in [5, 5.41) is 0. The molecule has 9 heavy (non-hydrogen) atoms. The second-order valence-electron chi connectivity index (χ2n) is 1.85. The normalized spacial score (nSPS) is 18.1. The van der Waals surface area contributed by atoms with E-state index in [0.717, 1.165) is 0 Å². The van der Waals surface area contributed by atoms with Crippen LogP contribution in [0.1, 0.15) is 20.3 Å². The number of hydrogen-bond donors (Lipinski definition) is 0. The number of likely N-dealkylation sites (tertiary alicyclic amines) is 1. The van der Waals surface area contributed by atoms with Crippen molar-refractivity contribution in [3.05, 3.63) is 0 Å². The third kappa shape index (κ3) is 1.28. The summed E-state index contributed by atoms with van der Waals surface area (Å²) in [6.45, 7) is 0. The molecule has 0 aromatic rings. The minimum atomic E-state index is -0.0602. The van der Waals surface area contributed by atoms with Crippen molar-refractivity contribution in [2.24, 2.45) is 0 Å². The van der Waals surface area contributed by atoms with Gasteiger partial charge in [-0.2, -0.15) is 0 Å². The van der Waals surface area contributed by atoms with Crippen LogP contribution in [-0.2, 0) is 9.59 Å². The number of rotatable bonds is 0. The second-order valence-corrected chi connectivity index (χ2v) is 1.85. The van der Waals surface area contributed by atoms with E-state index in [1.54, 1.807) is 0 Å². The maximum atomic E-state index is 10.5. The zero-order chi connectivity index (χ0) is 6.15. The van der Waals surface area contributed by atoms with E-state index in [1.165, 1.54) is 11.9 Å². The van der Waals surface area contributed by atoms with E-state index in [0.29, 0.717) is 12.8 Å². The number of carbonyl (C=O) groups excluding carboxylic acids is 2. The molecule has 1 rings (SSSR count). The smallest absolute Gasteiger partial charge is 0.229 e. The van der Waals surface area contributed by atoms with Gasteiger partial charge in [0.2, 0.25) is 11.8 Å². The Morgan fingerprint density at radius 1 is 1.22 bits per heavy atom. The molecule has 0 spiro atoms. The quantitative estimate of drug-likeness (QED) is 0.444. The maximum absolute atomic E-state index is 10.5. The van der Waals surface area contributed by atoms with E-state index < -0.39 is 0 Å². The van der Waals surface area contributed by atoms with Gasteiger partial charge in [-0.15, -0.1) is 0 Å². The SMILES string of the molecule is C.CN1C(=O)CCC1=O. The molecule has 2 amide bonds. The van der Waals surface area contributed by atoms with Crippen LogP contribution in [0.2, 0.25) is 0 Å². The average Bonchev–Trinajstić information content (AvgIpc) is 1.98. The molecule has 1 fully saturated rings. The van der Waals surface area contributed by atoms with Crippen molar-refractivity contribution < 1.29 is 9.59 Å². The van der Waals surface area contributed by atoms with Crippen molar-refractivity contribution in [3.8, 4) is 0 Å². The highest BCUT2D eigenvalue weighted by Gasteiger charge is 2.24. The molecule has 1 aliphatic heterocycles. The second kappa shape index (κ2) is 2.62. The Kier molecular flexibility index (Phi) is 2.37. The molecule has 0 N–H and O–H groups in total. The molecule has 1 saturated heterocycles. The van der Waals surface area contributed by atoms with Crippen LogP contribution in [0.15, 0.2) is 0 Å². The first kappa shape index (κ1) is 8.14. The predicted molar refractivity (Wildman–Crippen MR) is 33.7 cm³/mol. The van der Waals surface area contributed by atoms with Gasteiger partial charge in [0.1, 0.15) is 0 Å². The summed E-state index contributed by atoms with van der Waals surface area (Å²) in [4.78, 5) is 22.1. The first-order valence-electron chi connectivity index (χ1n) is 2.51. The van der Waals surface area contributed by atoms with Crippen LogP contribution in [0.25, 0.3) is 0 Å². The highest BCUT2D eigenvalue weighted by atomic mass is 16.2. The summed E-state index contributed by atoms with van der Waals surface area (Å²) < 4.78 is 0. The van der Waals surface area contributed by atoms with Gasteiger partial charge in [0.05, 0.1) is 0 Å². The lowest BCUT2D eigenvalue weighted by Gasteiger charge is -2.01. The number of imide groups is 1. The van der Waals surface area contributed by atoms with Crippen LogP contribution >= 0.6 is 0 Å². The molecule has 0 aliphatic carbocycles. The number of hydrogen-bond acceptors (Lipinski definition) is 2. The molecular weight excluding hydrogens is 118 g/mol.